The van der Waals surface area contributed by atoms with Crippen LogP contribution in [0.3, 0.4) is 0 Å². The fourth-order valence-electron chi connectivity index (χ4n) is 0.624. The predicted octanol–water partition coefficient (Wildman–Crippen LogP) is 0.628. The highest BCUT2D eigenvalue weighted by Crippen LogP contribution is 1.94. The van der Waals surface area contributed by atoms with Crippen molar-refractivity contribution in [3.05, 3.63) is 0 Å². The number of methoxy groups -OCH3 is 2. The molecule has 4 nitrogen and oxygen atoms in total. The minimum atomic E-state index is -0.403. The first-order valence-electron chi connectivity index (χ1n) is 2.89. The van der Waals surface area contributed by atoms with Crippen LogP contribution in [-0.2, 0) is 14.3 Å². The number of oxime groups is 1. The Labute approximate surface area is 60.8 Å². The molecule has 0 aromatic carbocycles. The molecular weight excluding hydrogens is 134 g/mol. The van der Waals surface area contributed by atoms with Crippen LogP contribution in [0.5, 0.6) is 0 Å². The van der Waals surface area contributed by atoms with E-state index in [4.69, 9.17) is 9.47 Å². The van der Waals surface area contributed by atoms with E-state index < -0.39 is 6.29 Å². The molecule has 0 saturated carbocycles. The first-order chi connectivity index (χ1) is 4.76. The average molecular weight is 147 g/mol. The molecule has 0 aromatic heterocycles. The van der Waals surface area contributed by atoms with Gasteiger partial charge >= 0.3 is 0 Å². The Morgan fingerprint density at radius 2 is 1.70 bits per heavy atom. The number of hydrogen-bond acceptors (Lipinski definition) is 4. The van der Waals surface area contributed by atoms with Gasteiger partial charge in [-0.1, -0.05) is 5.16 Å². The Kier molecular flexibility index (Phi) is 4.88. The SMILES string of the molecule is CON=C(C)C(OC)OC. The first-order valence-corrected chi connectivity index (χ1v) is 2.89. The van der Waals surface area contributed by atoms with E-state index in [9.17, 15) is 0 Å². The summed E-state index contributed by atoms with van der Waals surface area (Å²) < 4.78 is 9.76. The summed E-state index contributed by atoms with van der Waals surface area (Å²) in [6.45, 7) is 1.77. The Hall–Kier alpha value is -0.610. The van der Waals surface area contributed by atoms with E-state index >= 15 is 0 Å². The summed E-state index contributed by atoms with van der Waals surface area (Å²) in [5.74, 6) is 0. The molecule has 0 amide bonds. The van der Waals surface area contributed by atoms with E-state index in [0.717, 1.165) is 0 Å². The zero-order valence-corrected chi connectivity index (χ0v) is 6.75. The molecule has 0 heterocycles. The third-order valence-corrected chi connectivity index (χ3v) is 1.00. The molecule has 0 saturated heterocycles. The molecule has 0 bridgehead atoms. The van der Waals surface area contributed by atoms with Crippen LogP contribution < -0.4 is 0 Å². The molecule has 0 fully saturated rings. The van der Waals surface area contributed by atoms with Crippen LogP contribution in [0.1, 0.15) is 6.92 Å². The molecule has 0 aromatic rings. The number of hydrogen-bond donors (Lipinski definition) is 0. The van der Waals surface area contributed by atoms with Gasteiger partial charge < -0.3 is 14.3 Å². The number of ether oxygens (including phenoxy) is 2. The predicted molar refractivity (Wildman–Crippen MR) is 37.9 cm³/mol. The average Bonchev–Trinajstić information content (AvgIpc) is 1.91. The van der Waals surface area contributed by atoms with Crippen molar-refractivity contribution in [3.63, 3.8) is 0 Å². The molecule has 60 valence electrons. The third kappa shape index (κ3) is 2.80. The second kappa shape index (κ2) is 5.20. The van der Waals surface area contributed by atoms with Crippen molar-refractivity contribution in [2.24, 2.45) is 5.16 Å². The van der Waals surface area contributed by atoms with Gasteiger partial charge in [-0.25, -0.2) is 0 Å². The molecule has 0 N–H and O–H groups in total. The number of nitrogens with zero attached hydrogens (tertiary/aromatic N) is 1. The summed E-state index contributed by atoms with van der Waals surface area (Å²) in [7, 11) is 4.57. The van der Waals surface area contributed by atoms with Crippen LogP contribution in [0.2, 0.25) is 0 Å². The molecule has 0 aliphatic carbocycles. The lowest BCUT2D eigenvalue weighted by Crippen LogP contribution is -2.22. The van der Waals surface area contributed by atoms with Crippen molar-refractivity contribution >= 4 is 5.71 Å². The van der Waals surface area contributed by atoms with Gasteiger partial charge in [0.25, 0.3) is 0 Å². The van der Waals surface area contributed by atoms with Crippen LogP contribution in [0.15, 0.2) is 5.16 Å². The summed E-state index contributed by atoms with van der Waals surface area (Å²) in [6, 6.07) is 0. The molecule has 0 rings (SSSR count). The molecule has 0 atom stereocenters. The molecular formula is C6H13NO3. The Morgan fingerprint density at radius 3 is 2.00 bits per heavy atom. The fourth-order valence-corrected chi connectivity index (χ4v) is 0.624. The second-order valence-corrected chi connectivity index (χ2v) is 1.72. The van der Waals surface area contributed by atoms with Gasteiger partial charge in [0.2, 0.25) is 0 Å². The van der Waals surface area contributed by atoms with Crippen LogP contribution >= 0.6 is 0 Å². The minimum Gasteiger partial charge on any atom is -0.399 e. The van der Waals surface area contributed by atoms with Crippen molar-refractivity contribution in [1.82, 2.24) is 0 Å². The molecule has 0 radical (unpaired) electrons. The molecule has 0 aliphatic heterocycles. The van der Waals surface area contributed by atoms with Gasteiger partial charge in [-0.3, -0.25) is 0 Å². The summed E-state index contributed by atoms with van der Waals surface area (Å²) in [4.78, 5) is 4.52. The van der Waals surface area contributed by atoms with Crippen molar-refractivity contribution in [1.29, 1.82) is 0 Å². The molecule has 0 spiro atoms. The summed E-state index contributed by atoms with van der Waals surface area (Å²) in [6.07, 6.45) is -0.403. The maximum Gasteiger partial charge on any atom is 0.199 e. The van der Waals surface area contributed by atoms with Crippen LogP contribution in [-0.4, -0.2) is 33.3 Å². The van der Waals surface area contributed by atoms with Gasteiger partial charge in [-0.05, 0) is 6.92 Å². The lowest BCUT2D eigenvalue weighted by molar-refractivity contribution is -0.0543. The van der Waals surface area contributed by atoms with Gasteiger partial charge in [0.1, 0.15) is 12.8 Å². The summed E-state index contributed by atoms with van der Waals surface area (Å²) in [5, 5.41) is 3.63. The van der Waals surface area contributed by atoms with Crippen molar-refractivity contribution in [3.8, 4) is 0 Å². The van der Waals surface area contributed by atoms with Gasteiger partial charge in [0.05, 0.1) is 0 Å². The smallest absolute Gasteiger partial charge is 0.199 e. The standard InChI is InChI=1S/C6H13NO3/c1-5(7-10-4)6(8-2)9-3/h6H,1-4H3. The number of rotatable bonds is 4. The maximum atomic E-state index is 4.88. The van der Waals surface area contributed by atoms with Crippen molar-refractivity contribution < 1.29 is 14.3 Å². The highest BCUT2D eigenvalue weighted by Gasteiger charge is 2.08. The van der Waals surface area contributed by atoms with Gasteiger partial charge in [-0.2, -0.15) is 0 Å². The molecule has 10 heavy (non-hydrogen) atoms. The van der Waals surface area contributed by atoms with E-state index in [1.807, 2.05) is 0 Å². The molecule has 0 aliphatic rings. The van der Waals surface area contributed by atoms with E-state index in [1.165, 1.54) is 7.11 Å². The second-order valence-electron chi connectivity index (χ2n) is 1.72. The highest BCUT2D eigenvalue weighted by atomic mass is 16.7. The quantitative estimate of drug-likeness (QED) is 0.332. The highest BCUT2D eigenvalue weighted by molar-refractivity contribution is 5.84. The zero-order chi connectivity index (χ0) is 7.98. The Morgan fingerprint density at radius 1 is 1.20 bits per heavy atom. The van der Waals surface area contributed by atoms with Gasteiger partial charge in [0.15, 0.2) is 6.29 Å². The van der Waals surface area contributed by atoms with Crippen molar-refractivity contribution in [2.75, 3.05) is 21.3 Å². The molecule has 0 unspecified atom stereocenters. The zero-order valence-electron chi connectivity index (χ0n) is 6.75. The van der Waals surface area contributed by atoms with E-state index in [-0.39, 0.29) is 0 Å². The Balaban J connectivity index is 3.87. The maximum absolute atomic E-state index is 4.88. The van der Waals surface area contributed by atoms with E-state index in [2.05, 4.69) is 9.99 Å². The first kappa shape index (κ1) is 9.39. The summed E-state index contributed by atoms with van der Waals surface area (Å²) >= 11 is 0. The largest absolute Gasteiger partial charge is 0.399 e. The fraction of sp³-hybridized carbons (Fsp3) is 0.833. The summed E-state index contributed by atoms with van der Waals surface area (Å²) in [5.41, 5.74) is 0.660. The van der Waals surface area contributed by atoms with Crippen LogP contribution in [0.25, 0.3) is 0 Å². The minimum absolute atomic E-state index is 0.403. The third-order valence-electron chi connectivity index (χ3n) is 1.00. The van der Waals surface area contributed by atoms with Crippen LogP contribution in [0.4, 0.5) is 0 Å². The van der Waals surface area contributed by atoms with Gasteiger partial charge in [0, 0.05) is 14.2 Å². The Bertz CT molecular complexity index is 110. The monoisotopic (exact) mass is 147 g/mol. The van der Waals surface area contributed by atoms with E-state index in [1.54, 1.807) is 21.1 Å². The molecule has 4 heteroatoms. The normalized spacial score (nSPS) is 12.3. The van der Waals surface area contributed by atoms with Crippen molar-refractivity contribution in [2.45, 2.75) is 13.2 Å². The van der Waals surface area contributed by atoms with Crippen LogP contribution in [0, 0.1) is 0 Å². The van der Waals surface area contributed by atoms with Gasteiger partial charge in [-0.15, -0.1) is 0 Å². The topological polar surface area (TPSA) is 40.0 Å². The lowest BCUT2D eigenvalue weighted by atomic mass is 10.4. The van der Waals surface area contributed by atoms with E-state index in [0.29, 0.717) is 5.71 Å². The lowest BCUT2D eigenvalue weighted by Gasteiger charge is -2.10.